The third-order valence-corrected chi connectivity index (χ3v) is 2.30. The van der Waals surface area contributed by atoms with Crippen molar-refractivity contribution in [2.75, 3.05) is 0 Å². The summed E-state index contributed by atoms with van der Waals surface area (Å²) in [4.78, 5) is 0. The molecule has 0 aliphatic carbocycles. The maximum absolute atomic E-state index is 12.8. The first-order valence-corrected chi connectivity index (χ1v) is 4.89. The fourth-order valence-corrected chi connectivity index (χ4v) is 1.27. The van der Waals surface area contributed by atoms with E-state index in [9.17, 15) is 8.78 Å². The molecule has 0 aromatic rings. The predicted molar refractivity (Wildman–Crippen MR) is 48.5 cm³/mol. The van der Waals surface area contributed by atoms with E-state index in [4.69, 9.17) is 0 Å². The van der Waals surface area contributed by atoms with Crippen LogP contribution < -0.4 is 0 Å². The fourth-order valence-electron chi connectivity index (χ4n) is 1.27. The molecule has 0 aromatic carbocycles. The standard InChI is InChI=1S/C10H20F2/c1-4-6-9(3)7-8-10(11,12)5-2/h9H,4-8H2,1-3H3. The highest BCUT2D eigenvalue weighted by molar-refractivity contribution is 4.65. The van der Waals surface area contributed by atoms with Gasteiger partial charge in [-0.15, -0.1) is 0 Å². The Morgan fingerprint density at radius 1 is 1.17 bits per heavy atom. The van der Waals surface area contributed by atoms with Crippen molar-refractivity contribution in [3.63, 3.8) is 0 Å². The van der Waals surface area contributed by atoms with Crippen LogP contribution in [0.15, 0.2) is 0 Å². The van der Waals surface area contributed by atoms with Crippen molar-refractivity contribution < 1.29 is 8.78 Å². The molecule has 0 nitrogen and oxygen atoms in total. The van der Waals surface area contributed by atoms with Gasteiger partial charge in [0.25, 0.3) is 0 Å². The smallest absolute Gasteiger partial charge is 0.207 e. The van der Waals surface area contributed by atoms with Crippen LogP contribution in [0.25, 0.3) is 0 Å². The highest BCUT2D eigenvalue weighted by atomic mass is 19.3. The summed E-state index contributed by atoms with van der Waals surface area (Å²) in [5.41, 5.74) is 0. The topological polar surface area (TPSA) is 0 Å². The van der Waals surface area contributed by atoms with Crippen LogP contribution in [0.4, 0.5) is 8.78 Å². The number of hydrogen-bond acceptors (Lipinski definition) is 0. The van der Waals surface area contributed by atoms with Gasteiger partial charge in [0.1, 0.15) is 0 Å². The van der Waals surface area contributed by atoms with Gasteiger partial charge in [-0.25, -0.2) is 8.78 Å². The molecule has 0 aromatic heterocycles. The lowest BCUT2D eigenvalue weighted by Gasteiger charge is -2.16. The molecule has 1 atom stereocenters. The SMILES string of the molecule is CCCC(C)CCC(F)(F)CC. The van der Waals surface area contributed by atoms with E-state index >= 15 is 0 Å². The maximum Gasteiger partial charge on any atom is 0.247 e. The van der Waals surface area contributed by atoms with Gasteiger partial charge < -0.3 is 0 Å². The van der Waals surface area contributed by atoms with Gasteiger partial charge in [-0.1, -0.05) is 33.6 Å². The largest absolute Gasteiger partial charge is 0.247 e. The van der Waals surface area contributed by atoms with Crippen molar-refractivity contribution >= 4 is 0 Å². The Bertz CT molecular complexity index is 110. The molecule has 12 heavy (non-hydrogen) atoms. The van der Waals surface area contributed by atoms with Gasteiger partial charge in [0.2, 0.25) is 5.92 Å². The van der Waals surface area contributed by atoms with Gasteiger partial charge in [0.15, 0.2) is 0 Å². The molecule has 0 bridgehead atoms. The van der Waals surface area contributed by atoms with Crippen LogP contribution in [0.1, 0.15) is 52.9 Å². The average Bonchev–Trinajstić information content (AvgIpc) is 2.02. The first kappa shape index (κ1) is 11.9. The third kappa shape index (κ3) is 5.50. The number of rotatable bonds is 6. The molecule has 74 valence electrons. The summed E-state index contributed by atoms with van der Waals surface area (Å²) in [5, 5.41) is 0. The first-order valence-electron chi connectivity index (χ1n) is 4.89. The summed E-state index contributed by atoms with van der Waals surface area (Å²) < 4.78 is 25.5. The third-order valence-electron chi connectivity index (χ3n) is 2.30. The van der Waals surface area contributed by atoms with E-state index in [1.54, 1.807) is 6.92 Å². The lowest BCUT2D eigenvalue weighted by molar-refractivity contribution is -0.0167. The molecule has 0 aliphatic rings. The molecule has 0 aliphatic heterocycles. The van der Waals surface area contributed by atoms with Crippen molar-refractivity contribution in [1.29, 1.82) is 0 Å². The molecule has 0 saturated carbocycles. The van der Waals surface area contributed by atoms with Crippen LogP contribution in [0, 0.1) is 5.92 Å². The Morgan fingerprint density at radius 3 is 2.17 bits per heavy atom. The Balaban J connectivity index is 3.52. The van der Waals surface area contributed by atoms with Gasteiger partial charge in [-0.3, -0.25) is 0 Å². The van der Waals surface area contributed by atoms with Crippen molar-refractivity contribution in [3.8, 4) is 0 Å². The second-order valence-electron chi connectivity index (χ2n) is 3.64. The normalized spacial score (nSPS) is 14.8. The molecular formula is C10H20F2. The molecule has 0 radical (unpaired) electrons. The van der Waals surface area contributed by atoms with E-state index in [0.717, 1.165) is 12.8 Å². The molecule has 0 rings (SSSR count). The fraction of sp³-hybridized carbons (Fsp3) is 1.00. The summed E-state index contributed by atoms with van der Waals surface area (Å²) in [6, 6.07) is 0. The van der Waals surface area contributed by atoms with Crippen LogP contribution >= 0.6 is 0 Å². The lowest BCUT2D eigenvalue weighted by atomic mass is 9.97. The number of alkyl halides is 2. The average molecular weight is 178 g/mol. The van der Waals surface area contributed by atoms with E-state index in [1.807, 2.05) is 0 Å². The van der Waals surface area contributed by atoms with Crippen LogP contribution in [-0.4, -0.2) is 5.92 Å². The van der Waals surface area contributed by atoms with Gasteiger partial charge in [0, 0.05) is 12.8 Å². The van der Waals surface area contributed by atoms with Gasteiger partial charge in [0.05, 0.1) is 0 Å². The second kappa shape index (κ2) is 5.50. The molecule has 0 fully saturated rings. The minimum atomic E-state index is -2.43. The van der Waals surface area contributed by atoms with Crippen molar-refractivity contribution in [2.24, 2.45) is 5.92 Å². The number of halogens is 2. The van der Waals surface area contributed by atoms with Crippen LogP contribution in [0.5, 0.6) is 0 Å². The molecule has 0 spiro atoms. The Hall–Kier alpha value is -0.140. The zero-order valence-electron chi connectivity index (χ0n) is 8.37. The Labute approximate surface area is 74.4 Å². The highest BCUT2D eigenvalue weighted by Crippen LogP contribution is 2.27. The van der Waals surface area contributed by atoms with E-state index in [-0.39, 0.29) is 12.8 Å². The molecule has 1 unspecified atom stereocenters. The summed E-state index contributed by atoms with van der Waals surface area (Å²) in [6.45, 7) is 5.69. The summed E-state index contributed by atoms with van der Waals surface area (Å²) in [5.74, 6) is -1.98. The Kier molecular flexibility index (Phi) is 5.43. The lowest BCUT2D eigenvalue weighted by Crippen LogP contribution is -2.15. The summed E-state index contributed by atoms with van der Waals surface area (Å²) >= 11 is 0. The Morgan fingerprint density at radius 2 is 1.75 bits per heavy atom. The van der Waals surface area contributed by atoms with Gasteiger partial charge in [-0.2, -0.15) is 0 Å². The van der Waals surface area contributed by atoms with Crippen LogP contribution in [0.3, 0.4) is 0 Å². The van der Waals surface area contributed by atoms with Gasteiger partial charge in [-0.05, 0) is 12.3 Å². The maximum atomic E-state index is 12.8. The monoisotopic (exact) mass is 178 g/mol. The molecule has 0 N–H and O–H groups in total. The second-order valence-corrected chi connectivity index (χ2v) is 3.64. The molecule has 0 heterocycles. The summed E-state index contributed by atoms with van der Waals surface area (Å²) in [6.07, 6.45) is 2.86. The van der Waals surface area contributed by atoms with E-state index in [1.165, 1.54) is 0 Å². The molecular weight excluding hydrogens is 158 g/mol. The van der Waals surface area contributed by atoms with Crippen LogP contribution in [0.2, 0.25) is 0 Å². The number of hydrogen-bond donors (Lipinski definition) is 0. The summed E-state index contributed by atoms with van der Waals surface area (Å²) in [7, 11) is 0. The zero-order valence-corrected chi connectivity index (χ0v) is 8.37. The first-order chi connectivity index (χ1) is 5.52. The van der Waals surface area contributed by atoms with E-state index < -0.39 is 5.92 Å². The van der Waals surface area contributed by atoms with E-state index in [0.29, 0.717) is 12.3 Å². The van der Waals surface area contributed by atoms with Crippen molar-refractivity contribution in [2.45, 2.75) is 58.8 Å². The quantitative estimate of drug-likeness (QED) is 0.570. The van der Waals surface area contributed by atoms with E-state index in [2.05, 4.69) is 13.8 Å². The van der Waals surface area contributed by atoms with Crippen molar-refractivity contribution in [3.05, 3.63) is 0 Å². The minimum absolute atomic E-state index is 0.0220. The highest BCUT2D eigenvalue weighted by Gasteiger charge is 2.25. The van der Waals surface area contributed by atoms with Gasteiger partial charge >= 0.3 is 0 Å². The van der Waals surface area contributed by atoms with Crippen molar-refractivity contribution in [1.82, 2.24) is 0 Å². The minimum Gasteiger partial charge on any atom is -0.207 e. The zero-order chi connectivity index (χ0) is 9.61. The molecule has 0 amide bonds. The molecule has 0 saturated heterocycles. The predicted octanol–water partition coefficient (Wildman–Crippen LogP) is 4.25. The molecule has 2 heteroatoms. The van der Waals surface area contributed by atoms with Crippen LogP contribution in [-0.2, 0) is 0 Å².